The fourth-order valence-electron chi connectivity index (χ4n) is 3.68. The summed E-state index contributed by atoms with van der Waals surface area (Å²) in [5, 5.41) is 3.97. The Bertz CT molecular complexity index is 249. The van der Waals surface area contributed by atoms with E-state index in [1.54, 1.807) is 0 Å². The quantitative estimate of drug-likeness (QED) is 0.807. The molecular formula is C17H35N3. The van der Waals surface area contributed by atoms with Gasteiger partial charge in [-0.05, 0) is 77.8 Å². The van der Waals surface area contributed by atoms with Crippen molar-refractivity contribution in [3.05, 3.63) is 0 Å². The highest BCUT2D eigenvalue weighted by molar-refractivity contribution is 4.82. The third kappa shape index (κ3) is 5.34. The van der Waals surface area contributed by atoms with Crippen molar-refractivity contribution in [1.82, 2.24) is 15.1 Å². The normalized spacial score (nSPS) is 27.6. The van der Waals surface area contributed by atoms with Crippen molar-refractivity contribution in [3.8, 4) is 0 Å². The molecule has 0 amide bonds. The van der Waals surface area contributed by atoms with E-state index in [1.807, 2.05) is 0 Å². The number of likely N-dealkylation sites (tertiary alicyclic amines) is 2. The van der Waals surface area contributed by atoms with E-state index in [0.29, 0.717) is 0 Å². The minimum Gasteiger partial charge on any atom is -0.311 e. The zero-order chi connectivity index (χ0) is 14.2. The molecule has 2 aliphatic rings. The number of piperidine rings is 1. The van der Waals surface area contributed by atoms with Crippen LogP contribution in [-0.2, 0) is 0 Å². The average molecular weight is 281 g/mol. The van der Waals surface area contributed by atoms with Gasteiger partial charge in [-0.15, -0.1) is 0 Å². The van der Waals surface area contributed by atoms with Gasteiger partial charge < -0.3 is 15.1 Å². The van der Waals surface area contributed by atoms with Gasteiger partial charge in [0.1, 0.15) is 0 Å². The van der Waals surface area contributed by atoms with Crippen molar-refractivity contribution < 1.29 is 0 Å². The molecule has 20 heavy (non-hydrogen) atoms. The predicted octanol–water partition coefficient (Wildman–Crippen LogP) is 2.71. The summed E-state index contributed by atoms with van der Waals surface area (Å²) in [5.41, 5.74) is 0. The number of hydrogen-bond donors (Lipinski definition) is 1. The molecule has 0 aromatic heterocycles. The minimum absolute atomic E-state index is 0.777. The Kier molecular flexibility index (Phi) is 7.32. The molecule has 0 aliphatic carbocycles. The molecule has 2 fully saturated rings. The van der Waals surface area contributed by atoms with Crippen LogP contribution in [0.15, 0.2) is 0 Å². The summed E-state index contributed by atoms with van der Waals surface area (Å²) < 4.78 is 0. The maximum absolute atomic E-state index is 3.97. The lowest BCUT2D eigenvalue weighted by atomic mass is 10.0. The summed E-state index contributed by atoms with van der Waals surface area (Å²) in [6.45, 7) is 12.4. The topological polar surface area (TPSA) is 18.5 Å². The molecule has 2 rings (SSSR count). The van der Waals surface area contributed by atoms with Crippen LogP contribution in [-0.4, -0.2) is 61.2 Å². The zero-order valence-corrected chi connectivity index (χ0v) is 13.7. The molecule has 2 aliphatic heterocycles. The Morgan fingerprint density at radius 1 is 0.850 bits per heavy atom. The van der Waals surface area contributed by atoms with Gasteiger partial charge in [0.25, 0.3) is 0 Å². The molecule has 2 heterocycles. The highest BCUT2D eigenvalue weighted by Gasteiger charge is 2.22. The van der Waals surface area contributed by atoms with E-state index in [9.17, 15) is 0 Å². The number of hydrogen-bond acceptors (Lipinski definition) is 3. The predicted molar refractivity (Wildman–Crippen MR) is 87.3 cm³/mol. The maximum Gasteiger partial charge on any atom is 0.00940 e. The SMILES string of the molecule is CCCCN1CCC(NC2CCCN(CC)CC2)CC1. The molecule has 2 saturated heterocycles. The largest absolute Gasteiger partial charge is 0.311 e. The van der Waals surface area contributed by atoms with Crippen molar-refractivity contribution >= 4 is 0 Å². The van der Waals surface area contributed by atoms with Crippen LogP contribution in [0.4, 0.5) is 0 Å². The molecule has 0 bridgehead atoms. The van der Waals surface area contributed by atoms with Crippen LogP contribution in [0.5, 0.6) is 0 Å². The van der Waals surface area contributed by atoms with Gasteiger partial charge in [-0.3, -0.25) is 0 Å². The molecule has 0 aromatic carbocycles. The van der Waals surface area contributed by atoms with Crippen molar-refractivity contribution in [2.24, 2.45) is 0 Å². The van der Waals surface area contributed by atoms with Crippen molar-refractivity contribution in [1.29, 1.82) is 0 Å². The van der Waals surface area contributed by atoms with E-state index in [-0.39, 0.29) is 0 Å². The number of unbranched alkanes of at least 4 members (excludes halogenated alkanes) is 1. The summed E-state index contributed by atoms with van der Waals surface area (Å²) >= 11 is 0. The molecule has 1 atom stereocenters. The van der Waals surface area contributed by atoms with Gasteiger partial charge in [-0.1, -0.05) is 20.3 Å². The fraction of sp³-hybridized carbons (Fsp3) is 1.00. The first-order chi connectivity index (χ1) is 9.81. The van der Waals surface area contributed by atoms with Gasteiger partial charge in [0, 0.05) is 12.1 Å². The maximum atomic E-state index is 3.97. The van der Waals surface area contributed by atoms with Gasteiger partial charge >= 0.3 is 0 Å². The third-order valence-corrected chi connectivity index (χ3v) is 5.15. The van der Waals surface area contributed by atoms with Crippen LogP contribution in [0.2, 0.25) is 0 Å². The van der Waals surface area contributed by atoms with Crippen LogP contribution >= 0.6 is 0 Å². The smallest absolute Gasteiger partial charge is 0.00940 e. The summed E-state index contributed by atoms with van der Waals surface area (Å²) in [7, 11) is 0. The Hall–Kier alpha value is -0.120. The van der Waals surface area contributed by atoms with Crippen LogP contribution in [0.25, 0.3) is 0 Å². The monoisotopic (exact) mass is 281 g/mol. The lowest BCUT2D eigenvalue weighted by Crippen LogP contribution is -2.46. The van der Waals surface area contributed by atoms with Crippen molar-refractivity contribution in [3.63, 3.8) is 0 Å². The molecule has 0 aromatic rings. The first-order valence-corrected chi connectivity index (χ1v) is 9.02. The molecule has 3 heteroatoms. The Labute approximate surface area is 126 Å². The summed E-state index contributed by atoms with van der Waals surface area (Å²) in [4.78, 5) is 5.27. The minimum atomic E-state index is 0.777. The number of nitrogens with one attached hydrogen (secondary N) is 1. The molecule has 1 unspecified atom stereocenters. The highest BCUT2D eigenvalue weighted by atomic mass is 15.1. The third-order valence-electron chi connectivity index (χ3n) is 5.15. The molecule has 118 valence electrons. The Balaban J connectivity index is 1.64. The lowest BCUT2D eigenvalue weighted by molar-refractivity contribution is 0.186. The lowest BCUT2D eigenvalue weighted by Gasteiger charge is -2.34. The first kappa shape index (κ1) is 16.3. The molecule has 3 nitrogen and oxygen atoms in total. The molecule has 0 spiro atoms. The van der Waals surface area contributed by atoms with Crippen LogP contribution < -0.4 is 5.32 Å². The van der Waals surface area contributed by atoms with E-state index >= 15 is 0 Å². The van der Waals surface area contributed by atoms with Gasteiger partial charge in [0.2, 0.25) is 0 Å². The fourth-order valence-corrected chi connectivity index (χ4v) is 3.68. The van der Waals surface area contributed by atoms with Crippen LogP contribution in [0.3, 0.4) is 0 Å². The Morgan fingerprint density at radius 3 is 2.15 bits per heavy atom. The number of nitrogens with zero attached hydrogens (tertiary/aromatic N) is 2. The molecule has 1 N–H and O–H groups in total. The Morgan fingerprint density at radius 2 is 1.50 bits per heavy atom. The van der Waals surface area contributed by atoms with E-state index in [0.717, 1.165) is 12.1 Å². The summed E-state index contributed by atoms with van der Waals surface area (Å²) in [5.74, 6) is 0. The standard InChI is InChI=1S/C17H35N3/c1-3-5-11-20-14-9-17(10-15-20)18-16-7-6-12-19(4-2)13-8-16/h16-18H,3-15H2,1-2H3. The van der Waals surface area contributed by atoms with E-state index < -0.39 is 0 Å². The van der Waals surface area contributed by atoms with Crippen LogP contribution in [0.1, 0.15) is 58.8 Å². The average Bonchev–Trinajstić information content (AvgIpc) is 2.72. The molecule has 0 saturated carbocycles. The second-order valence-corrected chi connectivity index (χ2v) is 6.70. The second kappa shape index (κ2) is 9.01. The second-order valence-electron chi connectivity index (χ2n) is 6.70. The van der Waals surface area contributed by atoms with Gasteiger partial charge in [-0.2, -0.15) is 0 Å². The zero-order valence-electron chi connectivity index (χ0n) is 13.7. The van der Waals surface area contributed by atoms with Crippen LogP contribution in [0, 0.1) is 0 Å². The summed E-state index contributed by atoms with van der Waals surface area (Å²) in [6.07, 6.45) is 9.52. The number of rotatable bonds is 6. The first-order valence-electron chi connectivity index (χ1n) is 9.02. The van der Waals surface area contributed by atoms with E-state index in [4.69, 9.17) is 0 Å². The van der Waals surface area contributed by atoms with E-state index in [1.165, 1.54) is 84.2 Å². The van der Waals surface area contributed by atoms with Crippen molar-refractivity contribution in [2.75, 3.05) is 39.3 Å². The van der Waals surface area contributed by atoms with Crippen molar-refractivity contribution in [2.45, 2.75) is 70.9 Å². The highest BCUT2D eigenvalue weighted by Crippen LogP contribution is 2.16. The molecular weight excluding hydrogens is 246 g/mol. The van der Waals surface area contributed by atoms with Gasteiger partial charge in [-0.25, -0.2) is 0 Å². The summed E-state index contributed by atoms with van der Waals surface area (Å²) in [6, 6.07) is 1.56. The van der Waals surface area contributed by atoms with Gasteiger partial charge in [0.15, 0.2) is 0 Å². The van der Waals surface area contributed by atoms with Gasteiger partial charge in [0.05, 0.1) is 0 Å². The molecule has 0 radical (unpaired) electrons. The van der Waals surface area contributed by atoms with E-state index in [2.05, 4.69) is 29.0 Å².